The Morgan fingerprint density at radius 2 is 2.21 bits per heavy atom. The van der Waals surface area contributed by atoms with E-state index in [-0.39, 0.29) is 25.1 Å². The van der Waals surface area contributed by atoms with Crippen LogP contribution in [-0.4, -0.2) is 66.1 Å². The SMILES string of the molecule is COC1CN(C(=O)NCC[C@H](O)C(=O)O)CCC1C. The van der Waals surface area contributed by atoms with Gasteiger partial charge in [0.2, 0.25) is 0 Å². The van der Waals surface area contributed by atoms with Gasteiger partial charge in [0.15, 0.2) is 6.10 Å². The van der Waals surface area contributed by atoms with E-state index in [0.717, 1.165) is 6.42 Å². The summed E-state index contributed by atoms with van der Waals surface area (Å²) < 4.78 is 5.32. The van der Waals surface area contributed by atoms with E-state index in [1.807, 2.05) is 0 Å². The summed E-state index contributed by atoms with van der Waals surface area (Å²) in [5.41, 5.74) is 0. The number of aliphatic hydroxyl groups excluding tert-OH is 1. The Morgan fingerprint density at radius 1 is 1.53 bits per heavy atom. The summed E-state index contributed by atoms with van der Waals surface area (Å²) in [6, 6.07) is -0.244. The average Bonchev–Trinajstić information content (AvgIpc) is 2.38. The number of aliphatic hydroxyl groups is 1. The number of piperidine rings is 1. The van der Waals surface area contributed by atoms with Crippen molar-refractivity contribution in [3.8, 4) is 0 Å². The van der Waals surface area contributed by atoms with Gasteiger partial charge in [-0.25, -0.2) is 9.59 Å². The fourth-order valence-corrected chi connectivity index (χ4v) is 2.08. The summed E-state index contributed by atoms with van der Waals surface area (Å²) in [6.45, 7) is 3.42. The molecular formula is C12H22N2O5. The fraction of sp³-hybridized carbons (Fsp3) is 0.833. The van der Waals surface area contributed by atoms with E-state index in [9.17, 15) is 9.59 Å². The van der Waals surface area contributed by atoms with Gasteiger partial charge in [0.1, 0.15) is 0 Å². The molecule has 7 heteroatoms. The molecule has 0 aliphatic carbocycles. The molecule has 1 heterocycles. The second-order valence-electron chi connectivity index (χ2n) is 4.86. The topological polar surface area (TPSA) is 99.1 Å². The number of carbonyl (C=O) groups is 2. The van der Waals surface area contributed by atoms with Gasteiger partial charge in [0.25, 0.3) is 0 Å². The van der Waals surface area contributed by atoms with E-state index in [0.29, 0.717) is 19.0 Å². The molecule has 1 rings (SSSR count). The molecular weight excluding hydrogens is 252 g/mol. The zero-order valence-corrected chi connectivity index (χ0v) is 11.3. The zero-order chi connectivity index (χ0) is 14.4. The van der Waals surface area contributed by atoms with Gasteiger partial charge < -0.3 is 25.2 Å². The molecule has 1 fully saturated rings. The molecule has 3 atom stereocenters. The van der Waals surface area contributed by atoms with Crippen LogP contribution in [0.5, 0.6) is 0 Å². The van der Waals surface area contributed by atoms with Crippen molar-refractivity contribution in [2.75, 3.05) is 26.7 Å². The van der Waals surface area contributed by atoms with Gasteiger partial charge in [-0.15, -0.1) is 0 Å². The predicted octanol–water partition coefficient (Wildman–Crippen LogP) is -0.112. The minimum atomic E-state index is -1.44. The first-order valence-electron chi connectivity index (χ1n) is 6.42. The van der Waals surface area contributed by atoms with Crippen molar-refractivity contribution in [3.63, 3.8) is 0 Å². The minimum Gasteiger partial charge on any atom is -0.479 e. The molecule has 0 saturated carbocycles. The highest BCUT2D eigenvalue weighted by Crippen LogP contribution is 2.19. The Labute approximate surface area is 112 Å². The number of carboxylic acids is 1. The van der Waals surface area contributed by atoms with Crippen molar-refractivity contribution in [1.29, 1.82) is 0 Å². The Morgan fingerprint density at radius 3 is 2.79 bits per heavy atom. The molecule has 19 heavy (non-hydrogen) atoms. The number of likely N-dealkylation sites (tertiary alicyclic amines) is 1. The predicted molar refractivity (Wildman–Crippen MR) is 67.8 cm³/mol. The number of amides is 2. The van der Waals surface area contributed by atoms with E-state index >= 15 is 0 Å². The van der Waals surface area contributed by atoms with Crippen LogP contribution in [0.3, 0.4) is 0 Å². The lowest BCUT2D eigenvalue weighted by Crippen LogP contribution is -2.50. The summed E-state index contributed by atoms with van der Waals surface area (Å²) in [4.78, 5) is 23.9. The Bertz CT molecular complexity index is 323. The van der Waals surface area contributed by atoms with Crippen molar-refractivity contribution < 1.29 is 24.5 Å². The monoisotopic (exact) mass is 274 g/mol. The molecule has 0 bridgehead atoms. The maximum atomic E-state index is 11.8. The third kappa shape index (κ3) is 4.68. The number of nitrogens with zero attached hydrogens (tertiary/aromatic N) is 1. The number of methoxy groups -OCH3 is 1. The molecule has 0 spiro atoms. The van der Waals surface area contributed by atoms with E-state index < -0.39 is 12.1 Å². The Balaban J connectivity index is 2.32. The molecule has 7 nitrogen and oxygen atoms in total. The van der Waals surface area contributed by atoms with Crippen molar-refractivity contribution in [2.24, 2.45) is 5.92 Å². The van der Waals surface area contributed by atoms with Crippen molar-refractivity contribution in [2.45, 2.75) is 32.0 Å². The Kier molecular flexibility index (Phi) is 6.04. The highest BCUT2D eigenvalue weighted by atomic mass is 16.5. The van der Waals surface area contributed by atoms with Gasteiger partial charge >= 0.3 is 12.0 Å². The van der Waals surface area contributed by atoms with Crippen molar-refractivity contribution >= 4 is 12.0 Å². The Hall–Kier alpha value is -1.34. The van der Waals surface area contributed by atoms with Crippen LogP contribution in [0.1, 0.15) is 19.8 Å². The number of nitrogens with one attached hydrogen (secondary N) is 1. The maximum absolute atomic E-state index is 11.8. The summed E-state index contributed by atoms with van der Waals surface area (Å²) in [7, 11) is 1.63. The maximum Gasteiger partial charge on any atom is 0.332 e. The largest absolute Gasteiger partial charge is 0.479 e. The number of carboxylic acid groups (broad SMARTS) is 1. The van der Waals surface area contributed by atoms with Gasteiger partial charge in [-0.1, -0.05) is 6.92 Å². The van der Waals surface area contributed by atoms with Crippen molar-refractivity contribution in [1.82, 2.24) is 10.2 Å². The molecule has 1 aliphatic heterocycles. The lowest BCUT2D eigenvalue weighted by atomic mass is 9.96. The normalized spacial score (nSPS) is 24.9. The third-order valence-electron chi connectivity index (χ3n) is 3.46. The molecule has 3 N–H and O–H groups in total. The standard InChI is InChI=1S/C12H22N2O5/c1-8-4-6-14(7-10(8)19-2)12(18)13-5-3-9(15)11(16)17/h8-10,15H,3-7H2,1-2H3,(H,13,18)(H,16,17)/t8?,9-,10?/m0/s1. The van der Waals surface area contributed by atoms with Crippen LogP contribution in [0, 0.1) is 5.92 Å². The van der Waals surface area contributed by atoms with Crippen molar-refractivity contribution in [3.05, 3.63) is 0 Å². The number of urea groups is 1. The quantitative estimate of drug-likeness (QED) is 0.649. The van der Waals surface area contributed by atoms with Gasteiger partial charge in [-0.2, -0.15) is 0 Å². The summed E-state index contributed by atoms with van der Waals surface area (Å²) in [6.07, 6.45) is -0.527. The van der Waals surface area contributed by atoms with E-state index in [4.69, 9.17) is 14.9 Å². The lowest BCUT2D eigenvalue weighted by Gasteiger charge is -2.36. The van der Waals surface area contributed by atoms with Crippen LogP contribution in [0.2, 0.25) is 0 Å². The van der Waals surface area contributed by atoms with Crippen LogP contribution in [-0.2, 0) is 9.53 Å². The first kappa shape index (κ1) is 15.7. The first-order chi connectivity index (χ1) is 8.95. The van der Waals surface area contributed by atoms with Crippen LogP contribution in [0.4, 0.5) is 4.79 Å². The van der Waals surface area contributed by atoms with E-state index in [2.05, 4.69) is 12.2 Å². The van der Waals surface area contributed by atoms with Crippen LogP contribution in [0.25, 0.3) is 0 Å². The lowest BCUT2D eigenvalue weighted by molar-refractivity contribution is -0.146. The number of rotatable bonds is 5. The van der Waals surface area contributed by atoms with Crippen LogP contribution in [0.15, 0.2) is 0 Å². The summed E-state index contributed by atoms with van der Waals surface area (Å²) in [5, 5.41) is 20.2. The molecule has 0 aromatic rings. The average molecular weight is 274 g/mol. The van der Waals surface area contributed by atoms with Crippen LogP contribution < -0.4 is 5.32 Å². The molecule has 1 aliphatic rings. The van der Waals surface area contributed by atoms with Gasteiger partial charge in [0, 0.05) is 33.2 Å². The van der Waals surface area contributed by atoms with Gasteiger partial charge in [-0.05, 0) is 12.3 Å². The van der Waals surface area contributed by atoms with Gasteiger partial charge in [0.05, 0.1) is 6.10 Å². The fourth-order valence-electron chi connectivity index (χ4n) is 2.08. The molecule has 2 unspecified atom stereocenters. The zero-order valence-electron chi connectivity index (χ0n) is 11.3. The van der Waals surface area contributed by atoms with Gasteiger partial charge in [-0.3, -0.25) is 0 Å². The molecule has 110 valence electrons. The number of hydrogen-bond donors (Lipinski definition) is 3. The molecule has 0 aromatic carbocycles. The first-order valence-corrected chi connectivity index (χ1v) is 6.42. The second kappa shape index (κ2) is 7.30. The number of carbonyl (C=O) groups excluding carboxylic acids is 1. The molecule has 2 amide bonds. The third-order valence-corrected chi connectivity index (χ3v) is 3.46. The molecule has 0 aromatic heterocycles. The minimum absolute atomic E-state index is 0.000970. The number of hydrogen-bond acceptors (Lipinski definition) is 4. The highest BCUT2D eigenvalue weighted by molar-refractivity contribution is 5.75. The van der Waals surface area contributed by atoms with E-state index in [1.165, 1.54) is 0 Å². The highest BCUT2D eigenvalue weighted by Gasteiger charge is 2.28. The smallest absolute Gasteiger partial charge is 0.332 e. The second-order valence-corrected chi connectivity index (χ2v) is 4.86. The summed E-state index contributed by atoms with van der Waals surface area (Å²) >= 11 is 0. The molecule has 0 radical (unpaired) electrons. The van der Waals surface area contributed by atoms with E-state index in [1.54, 1.807) is 12.0 Å². The van der Waals surface area contributed by atoms with Crippen LogP contribution >= 0.6 is 0 Å². The molecule has 1 saturated heterocycles. The number of aliphatic carboxylic acids is 1. The summed E-state index contributed by atoms with van der Waals surface area (Å²) in [5.74, 6) is -0.858. The number of ether oxygens (including phenoxy) is 1.